The first-order chi connectivity index (χ1) is 8.00. The summed E-state index contributed by atoms with van der Waals surface area (Å²) in [4.78, 5) is 2.14. The summed E-state index contributed by atoms with van der Waals surface area (Å²) in [5.74, 6) is 0.943. The first-order valence-electron chi connectivity index (χ1n) is 5.81. The minimum Gasteiger partial charge on any atom is -0.393 e. The number of nitrogens with zero attached hydrogens (tertiary/aromatic N) is 3. The normalized spacial score (nSPS) is 17.5. The van der Waals surface area contributed by atoms with Gasteiger partial charge in [0.05, 0.1) is 17.4 Å². The van der Waals surface area contributed by atoms with Crippen LogP contribution in [0.25, 0.3) is 0 Å². The number of rotatable bonds is 2. The van der Waals surface area contributed by atoms with Gasteiger partial charge in [0, 0.05) is 20.1 Å². The molecule has 1 saturated heterocycles. The van der Waals surface area contributed by atoms with E-state index in [9.17, 15) is 5.11 Å². The topological polar surface area (TPSA) is 91.2 Å². The summed E-state index contributed by atoms with van der Waals surface area (Å²) in [5, 5.41) is 21.5. The molecule has 1 aromatic rings. The fraction of sp³-hybridized carbons (Fsp3) is 0.636. The van der Waals surface area contributed by atoms with Gasteiger partial charge in [-0.15, -0.1) is 0 Å². The lowest BCUT2D eigenvalue weighted by molar-refractivity contribution is 0.145. The summed E-state index contributed by atoms with van der Waals surface area (Å²) in [6, 6.07) is 0. The van der Waals surface area contributed by atoms with E-state index < -0.39 is 0 Å². The predicted molar refractivity (Wildman–Crippen MR) is 66.4 cm³/mol. The minimum absolute atomic E-state index is 0.0525. The number of aromatic nitrogens is 2. The SMILES string of the molecule is Cc1nn(C)c(N2CCC(O)CC2)c1C(=N)N. The zero-order valence-corrected chi connectivity index (χ0v) is 10.3. The van der Waals surface area contributed by atoms with E-state index in [1.165, 1.54) is 0 Å². The molecule has 1 aliphatic rings. The van der Waals surface area contributed by atoms with Gasteiger partial charge in [-0.1, -0.05) is 0 Å². The third kappa shape index (κ3) is 2.12. The molecular formula is C11H19N5O. The first kappa shape index (κ1) is 11.9. The maximum atomic E-state index is 9.51. The van der Waals surface area contributed by atoms with E-state index in [1.807, 2.05) is 14.0 Å². The number of aliphatic hydroxyl groups is 1. The Morgan fingerprint density at radius 3 is 2.59 bits per heavy atom. The van der Waals surface area contributed by atoms with Crippen molar-refractivity contribution in [2.24, 2.45) is 12.8 Å². The highest BCUT2D eigenvalue weighted by molar-refractivity contribution is 6.00. The lowest BCUT2D eigenvalue weighted by atomic mass is 10.1. The quantitative estimate of drug-likeness (QED) is 0.498. The lowest BCUT2D eigenvalue weighted by Crippen LogP contribution is -2.38. The Morgan fingerprint density at radius 2 is 2.06 bits per heavy atom. The molecular weight excluding hydrogens is 218 g/mol. The van der Waals surface area contributed by atoms with E-state index in [0.29, 0.717) is 5.56 Å². The average molecular weight is 237 g/mol. The van der Waals surface area contributed by atoms with Gasteiger partial charge in [0.2, 0.25) is 0 Å². The number of aryl methyl sites for hydroxylation is 2. The number of nitrogens with two attached hydrogens (primary N) is 1. The fourth-order valence-corrected chi connectivity index (χ4v) is 2.40. The monoisotopic (exact) mass is 237 g/mol. The van der Waals surface area contributed by atoms with E-state index in [0.717, 1.165) is 37.4 Å². The van der Waals surface area contributed by atoms with Crippen LogP contribution in [0.15, 0.2) is 0 Å². The van der Waals surface area contributed by atoms with E-state index in [2.05, 4.69) is 10.00 Å². The number of nitrogens with one attached hydrogen (secondary N) is 1. The molecule has 1 fully saturated rings. The van der Waals surface area contributed by atoms with Crippen molar-refractivity contribution in [3.8, 4) is 0 Å². The summed E-state index contributed by atoms with van der Waals surface area (Å²) >= 11 is 0. The molecule has 0 bridgehead atoms. The van der Waals surface area contributed by atoms with Crippen molar-refractivity contribution in [2.75, 3.05) is 18.0 Å². The molecule has 0 unspecified atom stereocenters. The van der Waals surface area contributed by atoms with Crippen LogP contribution < -0.4 is 10.6 Å². The largest absolute Gasteiger partial charge is 0.393 e. The molecule has 94 valence electrons. The van der Waals surface area contributed by atoms with Gasteiger partial charge in [0.15, 0.2) is 0 Å². The minimum atomic E-state index is -0.207. The number of piperidine rings is 1. The van der Waals surface area contributed by atoms with Crippen LogP contribution in [0.2, 0.25) is 0 Å². The van der Waals surface area contributed by atoms with Crippen LogP contribution in [0.5, 0.6) is 0 Å². The van der Waals surface area contributed by atoms with Gasteiger partial charge in [0.25, 0.3) is 0 Å². The van der Waals surface area contributed by atoms with Crippen LogP contribution >= 0.6 is 0 Å². The van der Waals surface area contributed by atoms with Gasteiger partial charge in [-0.2, -0.15) is 5.10 Å². The van der Waals surface area contributed by atoms with Crippen LogP contribution in [-0.2, 0) is 7.05 Å². The molecule has 0 spiro atoms. The van der Waals surface area contributed by atoms with E-state index in [1.54, 1.807) is 4.68 Å². The van der Waals surface area contributed by atoms with Gasteiger partial charge in [-0.25, -0.2) is 0 Å². The summed E-state index contributed by atoms with van der Waals surface area (Å²) in [6.07, 6.45) is 1.30. The molecule has 2 rings (SSSR count). The molecule has 1 aliphatic heterocycles. The summed E-state index contributed by atoms with van der Waals surface area (Å²) < 4.78 is 1.77. The van der Waals surface area contributed by atoms with Gasteiger partial charge in [-0.05, 0) is 19.8 Å². The van der Waals surface area contributed by atoms with Gasteiger partial charge in [-0.3, -0.25) is 10.1 Å². The maximum absolute atomic E-state index is 9.51. The second-order valence-electron chi connectivity index (χ2n) is 4.54. The van der Waals surface area contributed by atoms with Crippen LogP contribution in [0.3, 0.4) is 0 Å². The second-order valence-corrected chi connectivity index (χ2v) is 4.54. The molecule has 0 saturated carbocycles. The molecule has 0 radical (unpaired) electrons. The Kier molecular flexibility index (Phi) is 3.06. The van der Waals surface area contributed by atoms with Crippen LogP contribution in [0, 0.1) is 12.3 Å². The Labute approximate surface area is 101 Å². The number of hydrogen-bond donors (Lipinski definition) is 3. The molecule has 0 atom stereocenters. The first-order valence-corrected chi connectivity index (χ1v) is 5.81. The Balaban J connectivity index is 2.34. The number of anilines is 1. The standard InChI is InChI=1S/C11H19N5O/c1-7-9(10(12)13)11(15(2)14-7)16-5-3-8(17)4-6-16/h8,17H,3-6H2,1-2H3,(H3,12,13). The molecule has 0 aliphatic carbocycles. The predicted octanol–water partition coefficient (Wildman–Crippen LogP) is -0.0263. The molecule has 6 nitrogen and oxygen atoms in total. The van der Waals surface area contributed by atoms with Crippen molar-refractivity contribution >= 4 is 11.7 Å². The third-order valence-corrected chi connectivity index (χ3v) is 3.23. The van der Waals surface area contributed by atoms with Gasteiger partial charge in [0.1, 0.15) is 11.7 Å². The zero-order valence-electron chi connectivity index (χ0n) is 10.3. The van der Waals surface area contributed by atoms with E-state index in [4.69, 9.17) is 11.1 Å². The van der Waals surface area contributed by atoms with Crippen molar-refractivity contribution < 1.29 is 5.11 Å². The summed E-state index contributed by atoms with van der Waals surface area (Å²) in [5.41, 5.74) is 7.11. The lowest BCUT2D eigenvalue weighted by Gasteiger charge is -2.31. The smallest absolute Gasteiger partial charge is 0.137 e. The molecule has 1 aromatic heterocycles. The molecule has 4 N–H and O–H groups in total. The fourth-order valence-electron chi connectivity index (χ4n) is 2.40. The van der Waals surface area contributed by atoms with Crippen molar-refractivity contribution in [3.63, 3.8) is 0 Å². The molecule has 0 aromatic carbocycles. The highest BCUT2D eigenvalue weighted by Crippen LogP contribution is 2.25. The molecule has 0 amide bonds. The van der Waals surface area contributed by atoms with E-state index in [-0.39, 0.29) is 11.9 Å². The average Bonchev–Trinajstić information content (AvgIpc) is 2.55. The van der Waals surface area contributed by atoms with Gasteiger partial charge < -0.3 is 15.7 Å². The second kappa shape index (κ2) is 4.37. The maximum Gasteiger partial charge on any atom is 0.137 e. The summed E-state index contributed by atoms with van der Waals surface area (Å²) in [7, 11) is 1.86. The summed E-state index contributed by atoms with van der Waals surface area (Å²) in [6.45, 7) is 3.42. The highest BCUT2D eigenvalue weighted by Gasteiger charge is 2.24. The van der Waals surface area contributed by atoms with Gasteiger partial charge >= 0.3 is 0 Å². The zero-order chi connectivity index (χ0) is 12.6. The molecule has 6 heteroatoms. The number of hydrogen-bond acceptors (Lipinski definition) is 4. The van der Waals surface area contributed by atoms with Crippen LogP contribution in [0.4, 0.5) is 5.82 Å². The van der Waals surface area contributed by atoms with Crippen molar-refractivity contribution in [1.29, 1.82) is 5.41 Å². The molecule has 2 heterocycles. The highest BCUT2D eigenvalue weighted by atomic mass is 16.3. The Morgan fingerprint density at radius 1 is 1.47 bits per heavy atom. The number of amidine groups is 1. The molecule has 17 heavy (non-hydrogen) atoms. The van der Waals surface area contributed by atoms with Crippen LogP contribution in [-0.4, -0.2) is 39.9 Å². The Bertz CT molecular complexity index is 431. The third-order valence-electron chi connectivity index (χ3n) is 3.23. The van der Waals surface area contributed by atoms with Crippen molar-refractivity contribution in [1.82, 2.24) is 9.78 Å². The number of nitrogen functional groups attached to an aromatic ring is 1. The van der Waals surface area contributed by atoms with Crippen LogP contribution in [0.1, 0.15) is 24.1 Å². The Hall–Kier alpha value is -1.56. The number of aliphatic hydroxyl groups excluding tert-OH is 1. The van der Waals surface area contributed by atoms with E-state index >= 15 is 0 Å². The van der Waals surface area contributed by atoms with Crippen molar-refractivity contribution in [3.05, 3.63) is 11.3 Å². The van der Waals surface area contributed by atoms with Crippen molar-refractivity contribution in [2.45, 2.75) is 25.9 Å².